The summed E-state index contributed by atoms with van der Waals surface area (Å²) < 4.78 is 0. The van der Waals surface area contributed by atoms with Crippen molar-refractivity contribution in [3.63, 3.8) is 0 Å². The van der Waals surface area contributed by atoms with E-state index in [9.17, 15) is 0 Å². The second kappa shape index (κ2) is 11.7. The quantitative estimate of drug-likeness (QED) is 0.544. The maximum Gasteiger partial charge on any atom is 0.207 e. The van der Waals surface area contributed by atoms with Crippen LogP contribution in [0.1, 0.15) is 12.0 Å². The van der Waals surface area contributed by atoms with E-state index in [-0.39, 0.29) is 6.04 Å². The molecule has 4 rings (SSSR count). The van der Waals surface area contributed by atoms with Gasteiger partial charge in [0, 0.05) is 50.7 Å². The number of hydrogen-bond donors (Lipinski definition) is 2. The Balaban J connectivity index is 1.34. The van der Waals surface area contributed by atoms with Crippen molar-refractivity contribution in [2.24, 2.45) is 16.5 Å². The predicted octanol–water partition coefficient (Wildman–Crippen LogP) is 4.61. The second-order valence-corrected chi connectivity index (χ2v) is 10.7. The third-order valence-electron chi connectivity index (χ3n) is 6.34. The van der Waals surface area contributed by atoms with Crippen LogP contribution in [0.25, 0.3) is 0 Å². The minimum absolute atomic E-state index is 0.160. The molecule has 4 N–H and O–H groups in total. The monoisotopic (exact) mass is 530 g/mol. The fraction of sp³-hybridized carbons (Fsp3) is 0.346. The number of nitrogens with zero attached hydrogens (tertiary/aromatic N) is 4. The van der Waals surface area contributed by atoms with Crippen LogP contribution in [0.5, 0.6) is 0 Å². The normalized spacial score (nSPS) is 18.2. The zero-order valence-electron chi connectivity index (χ0n) is 20.0. The third kappa shape index (κ3) is 6.35. The first-order chi connectivity index (χ1) is 16.8. The van der Waals surface area contributed by atoms with Crippen LogP contribution in [0.3, 0.4) is 0 Å². The molecule has 6 nitrogen and oxygen atoms in total. The molecule has 186 valence electrons. The van der Waals surface area contributed by atoms with Gasteiger partial charge in [0.25, 0.3) is 0 Å². The highest BCUT2D eigenvalue weighted by Gasteiger charge is 2.29. The summed E-state index contributed by atoms with van der Waals surface area (Å²) >= 11 is 14.0. The number of hydrogen-bond acceptors (Lipinski definition) is 7. The summed E-state index contributed by atoms with van der Waals surface area (Å²) in [5.74, 6) is 1.26. The van der Waals surface area contributed by atoms with Crippen LogP contribution in [-0.2, 0) is 6.42 Å². The number of likely N-dealkylation sites (N-methyl/N-ethyl adjacent to an activating group) is 1. The molecule has 0 saturated carbocycles. The maximum atomic E-state index is 6.45. The minimum atomic E-state index is 0.160. The Morgan fingerprint density at radius 2 is 1.77 bits per heavy atom. The average molecular weight is 532 g/mol. The molecule has 35 heavy (non-hydrogen) atoms. The first kappa shape index (κ1) is 25.9. The summed E-state index contributed by atoms with van der Waals surface area (Å²) in [5.41, 5.74) is 15.0. The van der Waals surface area contributed by atoms with Crippen molar-refractivity contribution in [1.29, 1.82) is 0 Å². The van der Waals surface area contributed by atoms with Crippen molar-refractivity contribution >= 4 is 40.9 Å². The number of guanidine groups is 1. The summed E-state index contributed by atoms with van der Waals surface area (Å²) in [7, 11) is 1.97. The van der Waals surface area contributed by atoms with Gasteiger partial charge in [-0.1, -0.05) is 77.9 Å². The van der Waals surface area contributed by atoms with Crippen LogP contribution in [-0.4, -0.2) is 66.5 Å². The molecule has 2 aliphatic heterocycles. The third-order valence-corrected chi connectivity index (χ3v) is 8.48. The molecule has 2 heterocycles. The fourth-order valence-corrected chi connectivity index (χ4v) is 5.71. The van der Waals surface area contributed by atoms with Crippen molar-refractivity contribution in [2.45, 2.75) is 23.8 Å². The molecule has 2 aromatic rings. The summed E-state index contributed by atoms with van der Waals surface area (Å²) in [4.78, 5) is 13.0. The Morgan fingerprint density at radius 3 is 2.49 bits per heavy atom. The molecule has 0 aromatic heterocycles. The first-order valence-corrected chi connectivity index (χ1v) is 13.3. The van der Waals surface area contributed by atoms with Crippen LogP contribution >= 0.6 is 35.0 Å². The lowest BCUT2D eigenvalue weighted by Crippen LogP contribution is -2.55. The van der Waals surface area contributed by atoms with Crippen molar-refractivity contribution in [3.8, 4) is 0 Å². The Hall–Kier alpha value is -2.16. The van der Waals surface area contributed by atoms with E-state index in [2.05, 4.69) is 40.6 Å². The van der Waals surface area contributed by atoms with E-state index in [0.29, 0.717) is 15.9 Å². The molecule has 0 spiro atoms. The van der Waals surface area contributed by atoms with Crippen molar-refractivity contribution in [1.82, 2.24) is 14.7 Å². The molecule has 1 saturated heterocycles. The van der Waals surface area contributed by atoms with Gasteiger partial charge in [0.05, 0.1) is 20.6 Å². The van der Waals surface area contributed by atoms with Crippen LogP contribution < -0.4 is 11.5 Å². The Bertz CT molecular complexity index is 1110. The van der Waals surface area contributed by atoms with Gasteiger partial charge in [0.1, 0.15) is 5.82 Å². The van der Waals surface area contributed by atoms with Crippen LogP contribution in [0.15, 0.2) is 81.4 Å². The van der Waals surface area contributed by atoms with Crippen molar-refractivity contribution < 1.29 is 0 Å². The van der Waals surface area contributed by atoms with Crippen LogP contribution in [0, 0.1) is 0 Å². The number of aliphatic imine (C=N–C) groups is 1. The molecule has 2 aromatic carbocycles. The van der Waals surface area contributed by atoms with E-state index in [4.69, 9.17) is 39.7 Å². The smallest absolute Gasteiger partial charge is 0.207 e. The zero-order valence-corrected chi connectivity index (χ0v) is 22.3. The van der Waals surface area contributed by atoms with Gasteiger partial charge < -0.3 is 21.3 Å². The van der Waals surface area contributed by atoms with E-state index in [0.717, 1.165) is 67.0 Å². The number of piperazine rings is 1. The number of halogens is 2. The van der Waals surface area contributed by atoms with Gasteiger partial charge in [0.15, 0.2) is 0 Å². The van der Waals surface area contributed by atoms with E-state index in [1.807, 2.05) is 30.1 Å². The van der Waals surface area contributed by atoms with E-state index < -0.39 is 0 Å². The largest absolute Gasteiger partial charge is 0.383 e. The average Bonchev–Trinajstić information content (AvgIpc) is 2.86. The summed E-state index contributed by atoms with van der Waals surface area (Å²) in [5, 5.41) is 1.01. The molecule has 0 aliphatic carbocycles. The van der Waals surface area contributed by atoms with Gasteiger partial charge >= 0.3 is 0 Å². The highest BCUT2D eigenvalue weighted by molar-refractivity contribution is 8.03. The molecule has 0 radical (unpaired) electrons. The molecular formula is C26H32Cl2N6S. The molecule has 9 heteroatoms. The lowest BCUT2D eigenvalue weighted by atomic mass is 10.1. The molecule has 0 bridgehead atoms. The van der Waals surface area contributed by atoms with Crippen molar-refractivity contribution in [3.05, 3.63) is 87.1 Å². The lowest BCUT2D eigenvalue weighted by molar-refractivity contribution is 0.164. The van der Waals surface area contributed by atoms with Gasteiger partial charge in [-0.2, -0.15) is 4.99 Å². The lowest BCUT2D eigenvalue weighted by Gasteiger charge is -2.41. The minimum Gasteiger partial charge on any atom is -0.383 e. The molecule has 1 fully saturated rings. The van der Waals surface area contributed by atoms with E-state index in [1.165, 1.54) is 17.3 Å². The molecule has 1 atom stereocenters. The van der Waals surface area contributed by atoms with E-state index >= 15 is 0 Å². The number of thioether (sulfide) groups is 1. The Labute approximate surface area is 222 Å². The van der Waals surface area contributed by atoms with Gasteiger partial charge in [-0.3, -0.25) is 4.90 Å². The van der Waals surface area contributed by atoms with Gasteiger partial charge in [-0.05, 0) is 30.5 Å². The molecular weight excluding hydrogens is 499 g/mol. The summed E-state index contributed by atoms with van der Waals surface area (Å²) in [6.45, 7) is 8.76. The molecule has 1 unspecified atom stereocenters. The summed E-state index contributed by atoms with van der Waals surface area (Å²) in [6, 6.07) is 16.2. The standard InChI is InChI=1S/C26H32Cl2N6S/c1-18-24(35-22-10-6-9-21(27)23(22)28)25(30)31-26(32(18)2)34-15-13-33(14-16-34)17-20(29)12-11-19-7-4-3-5-8-19/h3-10,20H,1,11-17,29-30H2,2H3. The number of nitrogens with two attached hydrogens (primary N) is 2. The van der Waals surface area contributed by atoms with Gasteiger partial charge in [-0.25, -0.2) is 0 Å². The number of aryl methyl sites for hydroxylation is 1. The number of rotatable bonds is 7. The van der Waals surface area contributed by atoms with Gasteiger partial charge in [0.2, 0.25) is 5.96 Å². The molecule has 2 aliphatic rings. The van der Waals surface area contributed by atoms with Gasteiger partial charge in [-0.15, -0.1) is 0 Å². The fourth-order valence-electron chi connectivity index (χ4n) is 4.27. The number of benzene rings is 2. The molecule has 0 amide bonds. The second-order valence-electron chi connectivity index (χ2n) is 8.86. The van der Waals surface area contributed by atoms with Crippen LogP contribution in [0.2, 0.25) is 10.0 Å². The predicted molar refractivity (Wildman–Crippen MR) is 149 cm³/mol. The Morgan fingerprint density at radius 1 is 1.06 bits per heavy atom. The maximum absolute atomic E-state index is 6.45. The highest BCUT2D eigenvalue weighted by atomic mass is 35.5. The summed E-state index contributed by atoms with van der Waals surface area (Å²) in [6.07, 6.45) is 2.00. The highest BCUT2D eigenvalue weighted by Crippen LogP contribution is 2.41. The first-order valence-electron chi connectivity index (χ1n) is 11.7. The van der Waals surface area contributed by atoms with Crippen molar-refractivity contribution in [2.75, 3.05) is 39.8 Å². The zero-order chi connectivity index (χ0) is 24.9. The van der Waals surface area contributed by atoms with E-state index in [1.54, 1.807) is 6.07 Å². The Kier molecular flexibility index (Phi) is 8.68. The van der Waals surface area contributed by atoms with Crippen LogP contribution in [0.4, 0.5) is 0 Å². The SMILES string of the molecule is C=C1C(Sc2cccc(Cl)c2Cl)=C(N)N=C(N2CCN(CC(N)CCc3ccccc3)CC2)N1C. The topological polar surface area (TPSA) is 74.1 Å².